The molecule has 19 heavy (non-hydrogen) atoms. The number of rotatable bonds is 5. The van der Waals surface area contributed by atoms with Crippen molar-refractivity contribution in [3.05, 3.63) is 6.33 Å². The van der Waals surface area contributed by atoms with Crippen LogP contribution in [-0.2, 0) is 11.3 Å². The summed E-state index contributed by atoms with van der Waals surface area (Å²) in [5.41, 5.74) is 1.31. The first kappa shape index (κ1) is 13.2. The number of aryl methyl sites for hydroxylation is 1. The third-order valence-electron chi connectivity index (χ3n) is 2.75. The van der Waals surface area contributed by atoms with Crippen molar-refractivity contribution >= 4 is 22.9 Å². The molecule has 2 heterocycles. The lowest BCUT2D eigenvalue weighted by molar-refractivity contribution is -0.120. The van der Waals surface area contributed by atoms with Crippen LogP contribution in [0, 0.1) is 0 Å². The highest BCUT2D eigenvalue weighted by Crippen LogP contribution is 2.17. The van der Waals surface area contributed by atoms with Crippen molar-refractivity contribution in [2.45, 2.75) is 32.9 Å². The van der Waals surface area contributed by atoms with Crippen molar-refractivity contribution in [1.29, 1.82) is 0 Å². The van der Waals surface area contributed by atoms with Crippen LogP contribution in [0.1, 0.15) is 20.3 Å². The Kier molecular flexibility index (Phi) is 3.88. The van der Waals surface area contributed by atoms with Crippen molar-refractivity contribution in [2.75, 3.05) is 12.4 Å². The normalized spacial score (nSPS) is 12.4. The minimum absolute atomic E-state index is 0.0255. The highest BCUT2D eigenvalue weighted by atomic mass is 16.1. The average molecular weight is 263 g/mol. The number of amides is 1. The number of nitrogens with zero attached hydrogens (tertiary/aromatic N) is 5. The summed E-state index contributed by atoms with van der Waals surface area (Å²) in [5.74, 6) is 0.573. The lowest BCUT2D eigenvalue weighted by atomic mass is 10.2. The number of hydrogen-bond acceptors (Lipinski definition) is 6. The van der Waals surface area contributed by atoms with Crippen LogP contribution in [0.4, 0.5) is 5.82 Å². The zero-order valence-corrected chi connectivity index (χ0v) is 11.2. The van der Waals surface area contributed by atoms with Gasteiger partial charge in [0.1, 0.15) is 6.33 Å². The first-order valence-corrected chi connectivity index (χ1v) is 6.17. The Bertz CT molecular complexity index is 579. The smallest absolute Gasteiger partial charge is 0.221 e. The fourth-order valence-corrected chi connectivity index (χ4v) is 1.77. The number of hydrogen-bond donors (Lipinski definition) is 2. The molecule has 0 spiro atoms. The predicted octanol–water partition coefficient (Wildman–Crippen LogP) is 0.178. The van der Waals surface area contributed by atoms with E-state index in [1.807, 2.05) is 13.8 Å². The summed E-state index contributed by atoms with van der Waals surface area (Å²) >= 11 is 0. The van der Waals surface area contributed by atoms with Crippen LogP contribution in [0.25, 0.3) is 11.2 Å². The van der Waals surface area contributed by atoms with Gasteiger partial charge in [0.25, 0.3) is 0 Å². The summed E-state index contributed by atoms with van der Waals surface area (Å²) in [6.07, 6.45) is 1.83. The van der Waals surface area contributed by atoms with Crippen LogP contribution in [0.2, 0.25) is 0 Å². The maximum Gasteiger partial charge on any atom is 0.221 e. The van der Waals surface area contributed by atoms with Crippen molar-refractivity contribution in [2.24, 2.45) is 0 Å². The number of nitrogens with one attached hydrogen (secondary N) is 2. The maximum atomic E-state index is 11.3. The molecule has 0 radical (unpaired) electrons. The van der Waals surface area contributed by atoms with Crippen molar-refractivity contribution in [1.82, 2.24) is 30.3 Å². The summed E-state index contributed by atoms with van der Waals surface area (Å²) in [6, 6.07) is -0.0511. The molecule has 8 nitrogen and oxygen atoms in total. The van der Waals surface area contributed by atoms with Gasteiger partial charge in [-0.25, -0.2) is 14.6 Å². The van der Waals surface area contributed by atoms with Crippen LogP contribution >= 0.6 is 0 Å². The van der Waals surface area contributed by atoms with E-state index in [9.17, 15) is 4.79 Å². The van der Waals surface area contributed by atoms with Crippen LogP contribution in [0.3, 0.4) is 0 Å². The van der Waals surface area contributed by atoms with E-state index in [4.69, 9.17) is 0 Å². The van der Waals surface area contributed by atoms with E-state index < -0.39 is 0 Å². The summed E-state index contributed by atoms with van der Waals surface area (Å²) in [7, 11) is 1.62. The molecule has 0 bridgehead atoms. The minimum Gasteiger partial charge on any atom is -0.365 e. The monoisotopic (exact) mass is 263 g/mol. The Hall–Kier alpha value is -2.25. The van der Waals surface area contributed by atoms with E-state index in [0.717, 1.165) is 0 Å². The highest BCUT2D eigenvalue weighted by Gasteiger charge is 2.14. The number of anilines is 1. The molecule has 0 fully saturated rings. The molecule has 0 saturated carbocycles. The van der Waals surface area contributed by atoms with E-state index in [1.165, 1.54) is 6.33 Å². The van der Waals surface area contributed by atoms with Gasteiger partial charge >= 0.3 is 0 Å². The molecule has 102 valence electrons. The molecule has 0 aliphatic rings. The Morgan fingerprint density at radius 1 is 1.47 bits per heavy atom. The Morgan fingerprint density at radius 3 is 2.95 bits per heavy atom. The molecule has 1 atom stereocenters. The molecule has 2 aromatic heterocycles. The van der Waals surface area contributed by atoms with Gasteiger partial charge in [-0.2, -0.15) is 0 Å². The van der Waals surface area contributed by atoms with E-state index in [2.05, 4.69) is 30.9 Å². The molecule has 2 N–H and O–H groups in total. The van der Waals surface area contributed by atoms with Crippen LogP contribution in [0.15, 0.2) is 6.33 Å². The quantitative estimate of drug-likeness (QED) is 0.798. The van der Waals surface area contributed by atoms with Crippen molar-refractivity contribution in [3.8, 4) is 0 Å². The summed E-state index contributed by atoms with van der Waals surface area (Å²) in [6.45, 7) is 4.58. The number of aromatic nitrogens is 5. The zero-order chi connectivity index (χ0) is 13.8. The third kappa shape index (κ3) is 2.78. The first-order chi connectivity index (χ1) is 9.15. The first-order valence-electron chi connectivity index (χ1n) is 6.17. The van der Waals surface area contributed by atoms with Gasteiger partial charge in [-0.05, 0) is 13.8 Å². The van der Waals surface area contributed by atoms with E-state index in [-0.39, 0.29) is 11.9 Å². The average Bonchev–Trinajstić information content (AvgIpc) is 2.82. The Labute approximate surface area is 110 Å². The van der Waals surface area contributed by atoms with Gasteiger partial charge < -0.3 is 10.6 Å². The molecule has 2 aromatic rings. The zero-order valence-electron chi connectivity index (χ0n) is 11.2. The second-order valence-corrected chi connectivity index (χ2v) is 4.22. The van der Waals surface area contributed by atoms with E-state index in [0.29, 0.717) is 29.9 Å². The van der Waals surface area contributed by atoms with Crippen molar-refractivity contribution < 1.29 is 4.79 Å². The predicted molar refractivity (Wildman–Crippen MR) is 70.6 cm³/mol. The number of carbonyl (C=O) groups excluding carboxylic acids is 1. The molecule has 0 aliphatic heterocycles. The number of fused-ring (bicyclic) bond motifs is 1. The number of carbonyl (C=O) groups is 1. The van der Waals surface area contributed by atoms with Crippen molar-refractivity contribution in [3.63, 3.8) is 0 Å². The Morgan fingerprint density at radius 2 is 2.26 bits per heavy atom. The largest absolute Gasteiger partial charge is 0.365 e. The molecule has 0 aromatic carbocycles. The summed E-state index contributed by atoms with van der Waals surface area (Å²) in [4.78, 5) is 19.6. The van der Waals surface area contributed by atoms with Gasteiger partial charge in [0.15, 0.2) is 17.0 Å². The molecular weight excluding hydrogens is 246 g/mol. The molecule has 1 unspecified atom stereocenters. The van der Waals surface area contributed by atoms with E-state index in [1.54, 1.807) is 11.7 Å². The van der Waals surface area contributed by atoms with Gasteiger partial charge in [0, 0.05) is 26.1 Å². The van der Waals surface area contributed by atoms with Gasteiger partial charge in [-0.15, -0.1) is 5.10 Å². The molecular formula is C11H17N7O. The second kappa shape index (κ2) is 5.59. The summed E-state index contributed by atoms with van der Waals surface area (Å²) in [5, 5.41) is 13.8. The van der Waals surface area contributed by atoms with Crippen LogP contribution in [0.5, 0.6) is 0 Å². The molecule has 1 amide bonds. The highest BCUT2D eigenvalue weighted by molar-refractivity contribution is 5.82. The SMILES string of the molecule is CCn1nnc2c(NC(C)CC(=O)NC)ncnc21. The second-order valence-electron chi connectivity index (χ2n) is 4.22. The third-order valence-corrected chi connectivity index (χ3v) is 2.75. The molecule has 0 aliphatic carbocycles. The van der Waals surface area contributed by atoms with E-state index >= 15 is 0 Å². The minimum atomic E-state index is -0.0511. The fourth-order valence-electron chi connectivity index (χ4n) is 1.77. The van der Waals surface area contributed by atoms with Crippen LogP contribution in [-0.4, -0.2) is 44.0 Å². The molecule has 0 saturated heterocycles. The van der Waals surface area contributed by atoms with Gasteiger partial charge in [-0.3, -0.25) is 4.79 Å². The lowest BCUT2D eigenvalue weighted by Crippen LogP contribution is -2.27. The fraction of sp³-hybridized carbons (Fsp3) is 0.545. The van der Waals surface area contributed by atoms with Crippen LogP contribution < -0.4 is 10.6 Å². The van der Waals surface area contributed by atoms with Gasteiger partial charge in [0.2, 0.25) is 5.91 Å². The maximum absolute atomic E-state index is 11.3. The van der Waals surface area contributed by atoms with Gasteiger partial charge in [0.05, 0.1) is 0 Å². The molecule has 2 rings (SSSR count). The lowest BCUT2D eigenvalue weighted by Gasteiger charge is -2.13. The molecule has 8 heteroatoms. The Balaban J connectivity index is 2.21. The summed E-state index contributed by atoms with van der Waals surface area (Å²) < 4.78 is 1.70. The standard InChI is InChI=1S/C11H17N7O/c1-4-18-11-9(16-17-18)10(13-6-14-11)15-7(2)5-8(19)12-3/h6-7H,4-5H2,1-3H3,(H,12,19)(H,13,14,15). The van der Waals surface area contributed by atoms with Gasteiger partial charge in [-0.1, -0.05) is 5.21 Å². The topological polar surface area (TPSA) is 97.6 Å².